The maximum atomic E-state index is 12.7. The van der Waals surface area contributed by atoms with Gasteiger partial charge in [0.1, 0.15) is 11.2 Å². The van der Waals surface area contributed by atoms with Gasteiger partial charge in [0.25, 0.3) is 5.91 Å². The number of carbonyl (C=O) groups excluding carboxylic acids is 1. The molecule has 2 N–H and O–H groups in total. The van der Waals surface area contributed by atoms with E-state index in [4.69, 9.17) is 11.6 Å². The lowest BCUT2D eigenvalue weighted by Crippen LogP contribution is -2.26. The van der Waals surface area contributed by atoms with Crippen LogP contribution in [0.4, 0.5) is 5.69 Å². The Morgan fingerprint density at radius 3 is 2.69 bits per heavy atom. The Bertz CT molecular complexity index is 1190. The molecule has 2 aromatic carbocycles. The number of rotatable bonds is 6. The van der Waals surface area contributed by atoms with Crippen molar-refractivity contribution in [3.05, 3.63) is 59.4 Å². The van der Waals surface area contributed by atoms with Gasteiger partial charge in [0.15, 0.2) is 5.82 Å². The van der Waals surface area contributed by atoms with Crippen LogP contribution in [0.3, 0.4) is 0 Å². The summed E-state index contributed by atoms with van der Waals surface area (Å²) in [6, 6.07) is 11.3. The Morgan fingerprint density at radius 1 is 1.21 bits per heavy atom. The van der Waals surface area contributed by atoms with Gasteiger partial charge in [-0.3, -0.25) is 4.79 Å². The van der Waals surface area contributed by atoms with E-state index >= 15 is 0 Å². The van der Waals surface area contributed by atoms with Gasteiger partial charge < -0.3 is 9.88 Å². The van der Waals surface area contributed by atoms with Crippen LogP contribution in [0.25, 0.3) is 11.4 Å². The van der Waals surface area contributed by atoms with Crippen molar-refractivity contribution in [1.29, 1.82) is 0 Å². The minimum absolute atomic E-state index is 0.0584. The van der Waals surface area contributed by atoms with Gasteiger partial charge in [0.05, 0.1) is 5.02 Å². The number of hydrogen-bond acceptors (Lipinski definition) is 5. The number of anilines is 1. The molecule has 0 saturated heterocycles. The summed E-state index contributed by atoms with van der Waals surface area (Å²) in [4.78, 5) is 12.6. The fraction of sp³-hybridized carbons (Fsp3) is 0.211. The first kappa shape index (κ1) is 19.6. The van der Waals surface area contributed by atoms with Crippen LogP contribution in [0.1, 0.15) is 23.2 Å². The zero-order valence-electron chi connectivity index (χ0n) is 15.5. The fourth-order valence-corrected chi connectivity index (χ4v) is 4.65. The highest BCUT2D eigenvalue weighted by atomic mass is 35.5. The predicted octanol–water partition coefficient (Wildman–Crippen LogP) is 2.83. The van der Waals surface area contributed by atoms with Crippen LogP contribution < -0.4 is 10.0 Å². The van der Waals surface area contributed by atoms with Gasteiger partial charge in [0.2, 0.25) is 10.0 Å². The van der Waals surface area contributed by atoms with E-state index in [1.165, 1.54) is 18.2 Å². The molecule has 1 heterocycles. The van der Waals surface area contributed by atoms with E-state index in [0.717, 1.165) is 18.4 Å². The zero-order chi connectivity index (χ0) is 20.6. The van der Waals surface area contributed by atoms with E-state index < -0.39 is 15.9 Å². The van der Waals surface area contributed by atoms with E-state index in [1.807, 2.05) is 13.1 Å². The summed E-state index contributed by atoms with van der Waals surface area (Å²) in [5.41, 5.74) is 1.52. The van der Waals surface area contributed by atoms with E-state index in [9.17, 15) is 13.2 Å². The standard InChI is InChI=1S/C19H18ClN5O3S/c1-25-11-21-23-18(25)12-3-2-4-15(9-12)22-19(26)13-5-8-16(20)17(10-13)29(27,28)24-14-6-7-14/h2-5,8-11,14,24H,6-7H2,1H3,(H,22,26). The maximum Gasteiger partial charge on any atom is 0.255 e. The molecule has 0 aliphatic heterocycles. The number of benzene rings is 2. The van der Waals surface area contributed by atoms with Crippen LogP contribution >= 0.6 is 11.6 Å². The highest BCUT2D eigenvalue weighted by molar-refractivity contribution is 7.89. The topological polar surface area (TPSA) is 106 Å². The van der Waals surface area contributed by atoms with E-state index in [1.54, 1.807) is 29.1 Å². The van der Waals surface area contributed by atoms with Gasteiger partial charge in [-0.1, -0.05) is 23.7 Å². The Morgan fingerprint density at radius 2 is 2.00 bits per heavy atom. The summed E-state index contributed by atoms with van der Waals surface area (Å²) in [5, 5.41) is 10.8. The Kier molecular flexibility index (Phi) is 5.12. The molecule has 1 aliphatic rings. The van der Waals surface area contributed by atoms with Crippen molar-refractivity contribution in [1.82, 2.24) is 19.5 Å². The lowest BCUT2D eigenvalue weighted by molar-refractivity contribution is 0.102. The van der Waals surface area contributed by atoms with Gasteiger partial charge in [-0.2, -0.15) is 0 Å². The molecule has 1 aliphatic carbocycles. The van der Waals surface area contributed by atoms with Crippen molar-refractivity contribution < 1.29 is 13.2 Å². The molecule has 10 heteroatoms. The van der Waals surface area contributed by atoms with Crippen LogP contribution in [0, 0.1) is 0 Å². The third-order valence-corrected chi connectivity index (χ3v) is 6.47. The molecule has 1 amide bonds. The molecule has 1 saturated carbocycles. The summed E-state index contributed by atoms with van der Waals surface area (Å²) in [7, 11) is -1.95. The number of nitrogens with zero attached hydrogens (tertiary/aromatic N) is 3. The SMILES string of the molecule is Cn1cnnc1-c1cccc(NC(=O)c2ccc(Cl)c(S(=O)(=O)NC3CC3)c2)c1. The van der Waals surface area contributed by atoms with Crippen molar-refractivity contribution in [2.24, 2.45) is 7.05 Å². The second-order valence-electron chi connectivity index (χ2n) is 6.84. The molecule has 1 fully saturated rings. The first-order chi connectivity index (χ1) is 13.8. The molecule has 0 spiro atoms. The first-order valence-electron chi connectivity index (χ1n) is 8.91. The number of halogens is 1. The van der Waals surface area contributed by atoms with Gasteiger partial charge in [-0.05, 0) is 43.2 Å². The number of hydrogen-bond donors (Lipinski definition) is 2. The molecule has 0 radical (unpaired) electrons. The first-order valence-corrected chi connectivity index (χ1v) is 10.8. The summed E-state index contributed by atoms with van der Waals surface area (Å²) in [6.45, 7) is 0. The van der Waals surface area contributed by atoms with Crippen LogP contribution in [0.5, 0.6) is 0 Å². The predicted molar refractivity (Wildman–Crippen MR) is 109 cm³/mol. The molecule has 0 bridgehead atoms. The minimum Gasteiger partial charge on any atom is -0.322 e. The van der Waals surface area contributed by atoms with Crippen LogP contribution in [0.2, 0.25) is 5.02 Å². The second-order valence-corrected chi connectivity index (χ2v) is 8.93. The fourth-order valence-electron chi connectivity index (χ4n) is 2.82. The summed E-state index contributed by atoms with van der Waals surface area (Å²) in [6.07, 6.45) is 3.20. The molecule has 4 rings (SSSR count). The Hall–Kier alpha value is -2.75. The highest BCUT2D eigenvalue weighted by Crippen LogP contribution is 2.27. The van der Waals surface area contributed by atoms with Gasteiger partial charge in [-0.15, -0.1) is 10.2 Å². The van der Waals surface area contributed by atoms with Gasteiger partial charge >= 0.3 is 0 Å². The smallest absolute Gasteiger partial charge is 0.255 e. The van der Waals surface area contributed by atoms with E-state index in [-0.39, 0.29) is 21.5 Å². The van der Waals surface area contributed by atoms with Crippen molar-refractivity contribution in [2.75, 3.05) is 5.32 Å². The summed E-state index contributed by atoms with van der Waals surface area (Å²) in [5.74, 6) is 0.215. The van der Waals surface area contributed by atoms with Crippen molar-refractivity contribution in [2.45, 2.75) is 23.8 Å². The highest BCUT2D eigenvalue weighted by Gasteiger charge is 2.29. The van der Waals surface area contributed by atoms with E-state index in [2.05, 4.69) is 20.2 Å². The van der Waals surface area contributed by atoms with Gasteiger partial charge in [0, 0.05) is 29.9 Å². The van der Waals surface area contributed by atoms with Crippen molar-refractivity contribution in [3.63, 3.8) is 0 Å². The average Bonchev–Trinajstić information content (AvgIpc) is 3.38. The average molecular weight is 432 g/mol. The third-order valence-electron chi connectivity index (χ3n) is 4.47. The maximum absolute atomic E-state index is 12.7. The number of sulfonamides is 1. The normalized spacial score (nSPS) is 14.0. The molecule has 29 heavy (non-hydrogen) atoms. The van der Waals surface area contributed by atoms with Gasteiger partial charge in [-0.25, -0.2) is 13.1 Å². The lowest BCUT2D eigenvalue weighted by atomic mass is 10.1. The molecule has 3 aromatic rings. The minimum atomic E-state index is -3.78. The van der Waals surface area contributed by atoms with Crippen LogP contribution in [-0.2, 0) is 17.1 Å². The molecule has 0 unspecified atom stereocenters. The number of amides is 1. The van der Waals surface area contributed by atoms with E-state index in [0.29, 0.717) is 11.5 Å². The van der Waals surface area contributed by atoms with Crippen molar-refractivity contribution in [3.8, 4) is 11.4 Å². The second kappa shape index (κ2) is 7.58. The Balaban J connectivity index is 1.58. The lowest BCUT2D eigenvalue weighted by Gasteiger charge is -2.11. The molecule has 8 nitrogen and oxygen atoms in total. The van der Waals surface area contributed by atoms with Crippen molar-refractivity contribution >= 4 is 33.2 Å². The quantitative estimate of drug-likeness (QED) is 0.624. The molecule has 1 aromatic heterocycles. The molecular weight excluding hydrogens is 414 g/mol. The van der Waals surface area contributed by atoms with Crippen LogP contribution in [0.15, 0.2) is 53.7 Å². The molecular formula is C19H18ClN5O3S. The van der Waals surface area contributed by atoms with Crippen LogP contribution in [-0.4, -0.2) is 35.1 Å². The monoisotopic (exact) mass is 431 g/mol. The molecule has 0 atom stereocenters. The third kappa shape index (κ3) is 4.31. The summed E-state index contributed by atoms with van der Waals surface area (Å²) < 4.78 is 29.3. The number of carbonyl (C=O) groups is 1. The number of aromatic nitrogens is 3. The summed E-state index contributed by atoms with van der Waals surface area (Å²) >= 11 is 6.08. The number of aryl methyl sites for hydroxylation is 1. The number of nitrogens with one attached hydrogen (secondary N) is 2. The Labute approximate surface area is 173 Å². The molecule has 150 valence electrons. The largest absolute Gasteiger partial charge is 0.322 e. The zero-order valence-corrected chi connectivity index (χ0v) is 17.0.